The van der Waals surface area contributed by atoms with Crippen LogP contribution in [0, 0.1) is 18.3 Å². The number of aryl methyl sites for hydroxylation is 2. The summed E-state index contributed by atoms with van der Waals surface area (Å²) in [7, 11) is 1.58. The highest BCUT2D eigenvalue weighted by atomic mass is 32.1. The van der Waals surface area contributed by atoms with E-state index in [1.165, 1.54) is 0 Å². The number of fused-ring (bicyclic) bond motifs is 1. The van der Waals surface area contributed by atoms with E-state index in [2.05, 4.69) is 11.1 Å². The number of amides is 1. The average Bonchev–Trinajstić information content (AvgIpc) is 3.09. The fourth-order valence-electron chi connectivity index (χ4n) is 2.82. The van der Waals surface area contributed by atoms with Gasteiger partial charge in [-0.15, -0.1) is 11.3 Å². The van der Waals surface area contributed by atoms with Crippen molar-refractivity contribution in [3.05, 3.63) is 45.4 Å². The second-order valence-corrected chi connectivity index (χ2v) is 6.41. The Kier molecular flexibility index (Phi) is 4.30. The Bertz CT molecular complexity index is 778. The molecule has 1 unspecified atom stereocenters. The number of carbonyl (C=O) groups excluding carboxylic acids is 1. The second kappa shape index (κ2) is 6.39. The van der Waals surface area contributed by atoms with Gasteiger partial charge in [-0.3, -0.25) is 4.79 Å². The molecule has 0 aliphatic carbocycles. The van der Waals surface area contributed by atoms with E-state index >= 15 is 0 Å². The van der Waals surface area contributed by atoms with E-state index < -0.39 is 6.04 Å². The topological polar surface area (TPSA) is 66.2 Å². The van der Waals surface area contributed by atoms with Crippen LogP contribution in [0.3, 0.4) is 0 Å². The van der Waals surface area contributed by atoms with Gasteiger partial charge in [0.05, 0.1) is 18.2 Å². The Balaban J connectivity index is 1.73. The van der Waals surface area contributed by atoms with E-state index in [-0.39, 0.29) is 5.91 Å². The number of aromatic nitrogens is 1. The summed E-state index contributed by atoms with van der Waals surface area (Å²) in [6, 6.07) is 6.99. The molecule has 23 heavy (non-hydrogen) atoms. The Labute approximate surface area is 139 Å². The van der Waals surface area contributed by atoms with Gasteiger partial charge >= 0.3 is 0 Å². The van der Waals surface area contributed by atoms with Crippen molar-refractivity contribution in [1.82, 2.24) is 9.88 Å². The highest BCUT2D eigenvalue weighted by molar-refractivity contribution is 7.09. The first-order valence-electron chi connectivity index (χ1n) is 7.43. The molecule has 0 spiro atoms. The van der Waals surface area contributed by atoms with E-state index in [4.69, 9.17) is 4.74 Å². The normalized spacial score (nSPS) is 16.3. The van der Waals surface area contributed by atoms with Gasteiger partial charge in [0.25, 0.3) is 5.91 Å². The summed E-state index contributed by atoms with van der Waals surface area (Å²) in [6.45, 7) is 2.52. The zero-order chi connectivity index (χ0) is 16.4. The number of benzene rings is 1. The molecule has 118 valence electrons. The molecule has 0 saturated carbocycles. The van der Waals surface area contributed by atoms with Crippen LogP contribution in [0.4, 0.5) is 0 Å². The van der Waals surface area contributed by atoms with Crippen LogP contribution in [0.5, 0.6) is 5.75 Å². The predicted molar refractivity (Wildman–Crippen MR) is 87.6 cm³/mol. The van der Waals surface area contributed by atoms with Crippen molar-refractivity contribution < 1.29 is 9.53 Å². The highest BCUT2D eigenvalue weighted by Crippen LogP contribution is 2.35. The quantitative estimate of drug-likeness (QED) is 0.846. The first-order valence-corrected chi connectivity index (χ1v) is 8.31. The number of thiazole rings is 1. The van der Waals surface area contributed by atoms with Gasteiger partial charge in [-0.05, 0) is 31.5 Å². The number of hydrogen-bond acceptors (Lipinski definition) is 5. The number of rotatable bonds is 5. The smallest absolute Gasteiger partial charge is 0.255 e. The van der Waals surface area contributed by atoms with E-state index in [1.807, 2.05) is 12.3 Å². The molecular weight excluding hydrogens is 310 g/mol. The van der Waals surface area contributed by atoms with Crippen LogP contribution >= 0.6 is 11.3 Å². The minimum atomic E-state index is -0.536. The number of methoxy groups -OCH3 is 1. The van der Waals surface area contributed by atoms with Gasteiger partial charge in [0.1, 0.15) is 11.8 Å². The molecule has 0 radical (unpaired) electrons. The van der Waals surface area contributed by atoms with Gasteiger partial charge in [0.2, 0.25) is 0 Å². The lowest BCUT2D eigenvalue weighted by molar-refractivity contribution is 0.0755. The molecule has 1 aromatic heterocycles. The molecular formula is C17H17N3O2S. The van der Waals surface area contributed by atoms with Crippen molar-refractivity contribution >= 4 is 17.2 Å². The van der Waals surface area contributed by atoms with Crippen molar-refractivity contribution in [2.45, 2.75) is 25.8 Å². The van der Waals surface area contributed by atoms with Gasteiger partial charge in [0.15, 0.2) is 0 Å². The van der Waals surface area contributed by atoms with Crippen molar-refractivity contribution in [3.63, 3.8) is 0 Å². The maximum Gasteiger partial charge on any atom is 0.255 e. The molecule has 3 rings (SSSR count). The second-order valence-electron chi connectivity index (χ2n) is 5.47. The van der Waals surface area contributed by atoms with E-state index in [0.717, 1.165) is 29.1 Å². The van der Waals surface area contributed by atoms with Crippen LogP contribution in [0.25, 0.3) is 0 Å². The Hall–Kier alpha value is -2.39. The maximum absolute atomic E-state index is 12.5. The number of nitrogens with zero attached hydrogens (tertiary/aromatic N) is 3. The lowest BCUT2D eigenvalue weighted by Crippen LogP contribution is -2.28. The van der Waals surface area contributed by atoms with Crippen molar-refractivity contribution in [2.24, 2.45) is 0 Å². The van der Waals surface area contributed by atoms with Gasteiger partial charge in [-0.1, -0.05) is 0 Å². The summed E-state index contributed by atoms with van der Waals surface area (Å²) in [5, 5.41) is 12.6. The SMILES string of the molecule is COc1ccc2c(c1)C(C#N)N(CCCc1nc(C)cs1)C2=O. The molecule has 1 atom stereocenters. The molecule has 0 fully saturated rings. The van der Waals surface area contributed by atoms with Crippen LogP contribution in [-0.4, -0.2) is 29.4 Å². The van der Waals surface area contributed by atoms with Crippen LogP contribution in [-0.2, 0) is 6.42 Å². The zero-order valence-corrected chi connectivity index (χ0v) is 13.9. The van der Waals surface area contributed by atoms with Crippen molar-refractivity contribution in [2.75, 3.05) is 13.7 Å². The zero-order valence-electron chi connectivity index (χ0n) is 13.1. The third-order valence-corrected chi connectivity index (χ3v) is 4.96. The molecule has 5 nitrogen and oxygen atoms in total. The highest BCUT2D eigenvalue weighted by Gasteiger charge is 2.36. The summed E-state index contributed by atoms with van der Waals surface area (Å²) in [4.78, 5) is 18.6. The fourth-order valence-corrected chi connectivity index (χ4v) is 3.63. The minimum Gasteiger partial charge on any atom is -0.497 e. The van der Waals surface area contributed by atoms with Crippen LogP contribution in [0.1, 0.15) is 39.1 Å². The van der Waals surface area contributed by atoms with Gasteiger partial charge in [-0.25, -0.2) is 4.98 Å². The first kappa shape index (κ1) is 15.5. The number of nitriles is 1. The summed E-state index contributed by atoms with van der Waals surface area (Å²) in [6.07, 6.45) is 1.61. The molecule has 6 heteroatoms. The predicted octanol–water partition coefficient (Wildman–Crippen LogP) is 3.11. The Morgan fingerprint density at radius 1 is 1.48 bits per heavy atom. The monoisotopic (exact) mass is 327 g/mol. The van der Waals surface area contributed by atoms with E-state index in [1.54, 1.807) is 41.5 Å². The van der Waals surface area contributed by atoms with Crippen LogP contribution in [0.2, 0.25) is 0 Å². The van der Waals surface area contributed by atoms with E-state index in [0.29, 0.717) is 17.9 Å². The van der Waals surface area contributed by atoms with Gasteiger partial charge < -0.3 is 9.64 Å². The standard InChI is InChI=1S/C17H17N3O2S/c1-11-10-23-16(19-11)4-3-7-20-15(9-18)14-8-12(22-2)5-6-13(14)17(20)21/h5-6,8,10,15H,3-4,7H2,1-2H3. The molecule has 2 aromatic rings. The lowest BCUT2D eigenvalue weighted by atomic mass is 10.1. The first-order chi connectivity index (χ1) is 11.1. The van der Waals surface area contributed by atoms with E-state index in [9.17, 15) is 10.1 Å². The molecule has 1 amide bonds. The minimum absolute atomic E-state index is 0.0791. The van der Waals surface area contributed by atoms with Gasteiger partial charge in [0, 0.05) is 35.2 Å². The largest absolute Gasteiger partial charge is 0.497 e. The fraction of sp³-hybridized carbons (Fsp3) is 0.353. The molecule has 1 aliphatic rings. The van der Waals surface area contributed by atoms with Gasteiger partial charge in [-0.2, -0.15) is 5.26 Å². The Morgan fingerprint density at radius 2 is 2.30 bits per heavy atom. The summed E-state index contributed by atoms with van der Waals surface area (Å²) >= 11 is 1.64. The summed E-state index contributed by atoms with van der Waals surface area (Å²) in [5.74, 6) is 0.585. The summed E-state index contributed by atoms with van der Waals surface area (Å²) < 4.78 is 5.20. The van der Waals surface area contributed by atoms with Crippen LogP contribution in [0.15, 0.2) is 23.6 Å². The maximum atomic E-state index is 12.5. The molecule has 0 N–H and O–H groups in total. The molecule has 0 bridgehead atoms. The van der Waals surface area contributed by atoms with Crippen molar-refractivity contribution in [1.29, 1.82) is 5.26 Å². The number of hydrogen-bond donors (Lipinski definition) is 0. The molecule has 2 heterocycles. The number of carbonyl (C=O) groups is 1. The molecule has 0 saturated heterocycles. The average molecular weight is 327 g/mol. The molecule has 1 aromatic carbocycles. The third kappa shape index (κ3) is 2.92. The van der Waals surface area contributed by atoms with Crippen LogP contribution < -0.4 is 4.74 Å². The Morgan fingerprint density at radius 3 is 2.96 bits per heavy atom. The van der Waals surface area contributed by atoms with Crippen molar-refractivity contribution in [3.8, 4) is 11.8 Å². The number of ether oxygens (including phenoxy) is 1. The lowest BCUT2D eigenvalue weighted by Gasteiger charge is -2.19. The third-order valence-electron chi connectivity index (χ3n) is 3.93. The molecule has 1 aliphatic heterocycles. The summed E-state index contributed by atoms with van der Waals surface area (Å²) in [5.41, 5.74) is 2.36.